The fourth-order valence-corrected chi connectivity index (χ4v) is 4.69. The topological polar surface area (TPSA) is 127 Å². The van der Waals surface area contributed by atoms with Crippen molar-refractivity contribution >= 4 is 40.3 Å². The second-order valence-corrected chi connectivity index (χ2v) is 8.60. The van der Waals surface area contributed by atoms with E-state index in [2.05, 4.69) is 25.4 Å². The molecule has 3 aromatic rings. The maximum absolute atomic E-state index is 11.6. The zero-order valence-corrected chi connectivity index (χ0v) is 20.0. The maximum atomic E-state index is 11.6. The van der Waals surface area contributed by atoms with Crippen molar-refractivity contribution in [1.29, 1.82) is 0 Å². The molecule has 0 radical (unpaired) electrons. The van der Waals surface area contributed by atoms with Gasteiger partial charge in [0.25, 0.3) is 0 Å². The fraction of sp³-hybridized carbons (Fsp3) is 0.320. The van der Waals surface area contributed by atoms with Gasteiger partial charge in [0.15, 0.2) is 17.2 Å². The summed E-state index contributed by atoms with van der Waals surface area (Å²) in [5.74, 6) is 1.08. The molecule has 0 atom stereocenters. The van der Waals surface area contributed by atoms with Crippen LogP contribution in [0.1, 0.15) is 31.6 Å². The number of nitrogens with two attached hydrogens (primary N) is 1. The Hall–Kier alpha value is -4.21. The van der Waals surface area contributed by atoms with E-state index in [9.17, 15) is 4.79 Å². The van der Waals surface area contributed by atoms with E-state index < -0.39 is 0 Å². The number of nitrogen functional groups attached to an aromatic ring is 1. The summed E-state index contributed by atoms with van der Waals surface area (Å²) in [7, 11) is 3.57. The highest BCUT2D eigenvalue weighted by atomic mass is 16.3. The van der Waals surface area contributed by atoms with Gasteiger partial charge in [-0.15, -0.1) is 0 Å². The molecule has 0 bridgehead atoms. The van der Waals surface area contributed by atoms with Gasteiger partial charge in [-0.25, -0.2) is 4.98 Å². The Morgan fingerprint density at radius 2 is 2.09 bits per heavy atom. The van der Waals surface area contributed by atoms with E-state index >= 15 is 0 Å². The summed E-state index contributed by atoms with van der Waals surface area (Å²) in [5.41, 5.74) is 11.0. The first-order valence-electron chi connectivity index (χ1n) is 11.6. The van der Waals surface area contributed by atoms with Gasteiger partial charge in [0.1, 0.15) is 0 Å². The van der Waals surface area contributed by atoms with Gasteiger partial charge in [-0.05, 0) is 25.0 Å². The molecule has 0 aromatic carbocycles. The number of pyridine rings is 1. The quantitative estimate of drug-likeness (QED) is 0.601. The highest BCUT2D eigenvalue weighted by molar-refractivity contribution is 6.41. The number of hydrogen-bond donors (Lipinski definition) is 2. The number of aliphatic imine (C=N–C) groups is 2. The Kier molecular flexibility index (Phi) is 5.94. The number of furan rings is 1. The Balaban J connectivity index is 1.52. The molecule has 10 nitrogen and oxygen atoms in total. The highest BCUT2D eigenvalue weighted by Gasteiger charge is 2.24. The zero-order chi connectivity index (χ0) is 24.5. The molecule has 5 rings (SSSR count). The molecule has 0 spiro atoms. The third kappa shape index (κ3) is 4.11. The molecule has 3 N–H and O–H groups in total. The SMILES string of the molecule is C/N=C1/C=NC=C/C1=C(/NC)c1cc2c(-c3cnn(C4CCN(C(C)=O)CC4)c3)cnc(N)c2o1. The van der Waals surface area contributed by atoms with Crippen molar-refractivity contribution in [2.45, 2.75) is 25.8 Å². The molecule has 35 heavy (non-hydrogen) atoms. The monoisotopic (exact) mass is 472 g/mol. The first-order chi connectivity index (χ1) is 17.0. The number of fused-ring (bicyclic) bond motifs is 1. The van der Waals surface area contributed by atoms with Crippen molar-refractivity contribution in [3.63, 3.8) is 0 Å². The summed E-state index contributed by atoms with van der Waals surface area (Å²) in [6.45, 7) is 3.11. The summed E-state index contributed by atoms with van der Waals surface area (Å²) in [6, 6.07) is 2.22. The smallest absolute Gasteiger partial charge is 0.219 e. The highest BCUT2D eigenvalue weighted by Crippen LogP contribution is 2.36. The van der Waals surface area contributed by atoms with Crippen LogP contribution in [0.4, 0.5) is 5.82 Å². The number of aromatic nitrogens is 3. The predicted octanol–water partition coefficient (Wildman–Crippen LogP) is 3.06. The number of anilines is 1. The van der Waals surface area contributed by atoms with Crippen LogP contribution in [0.15, 0.2) is 56.9 Å². The van der Waals surface area contributed by atoms with Crippen LogP contribution in [0.3, 0.4) is 0 Å². The summed E-state index contributed by atoms with van der Waals surface area (Å²) >= 11 is 0. The van der Waals surface area contributed by atoms with Gasteiger partial charge in [-0.2, -0.15) is 5.10 Å². The minimum absolute atomic E-state index is 0.125. The molecule has 3 aromatic heterocycles. The lowest BCUT2D eigenvalue weighted by Gasteiger charge is -2.31. The molecule has 1 fully saturated rings. The average molecular weight is 473 g/mol. The van der Waals surface area contributed by atoms with Gasteiger partial charge in [0.05, 0.1) is 29.9 Å². The molecule has 0 unspecified atom stereocenters. The number of nitrogens with zero attached hydrogens (tertiary/aromatic N) is 6. The third-order valence-corrected chi connectivity index (χ3v) is 6.59. The molecule has 2 aliphatic heterocycles. The number of allylic oxidation sites excluding steroid dienone is 2. The lowest BCUT2D eigenvalue weighted by molar-refractivity contribution is -0.130. The second-order valence-electron chi connectivity index (χ2n) is 8.60. The van der Waals surface area contributed by atoms with Crippen molar-refractivity contribution in [2.24, 2.45) is 9.98 Å². The standard InChI is InChI=1S/C25H28N8O2/c1-15(34)32-8-5-17(6-9-32)33-14-16(11-31-33)20-12-30-25(26)24-19(20)10-22(35-24)23(28-3)18-4-7-29-13-21(18)27-2/h4,7,10-14,17,28H,5-6,8-9H2,1-3H3,(H2,26,30)/b23-18-,27-21-. The number of likely N-dealkylation sites (tertiary alicyclic amines) is 1. The Labute approximate surface area is 202 Å². The van der Waals surface area contributed by atoms with Gasteiger partial charge in [-0.1, -0.05) is 0 Å². The molecular weight excluding hydrogens is 444 g/mol. The summed E-state index contributed by atoms with van der Waals surface area (Å²) in [5, 5.41) is 8.72. The van der Waals surface area contributed by atoms with E-state index in [1.165, 1.54) is 0 Å². The summed E-state index contributed by atoms with van der Waals surface area (Å²) in [6.07, 6.45) is 12.7. The van der Waals surface area contributed by atoms with Crippen LogP contribution >= 0.6 is 0 Å². The molecular formula is C25H28N8O2. The van der Waals surface area contributed by atoms with Crippen molar-refractivity contribution < 1.29 is 9.21 Å². The van der Waals surface area contributed by atoms with E-state index in [1.54, 1.807) is 32.6 Å². The number of amides is 1. The van der Waals surface area contributed by atoms with E-state index in [0.29, 0.717) is 17.2 Å². The first-order valence-corrected chi connectivity index (χ1v) is 11.6. The largest absolute Gasteiger partial charge is 0.451 e. The fourth-order valence-electron chi connectivity index (χ4n) is 4.69. The average Bonchev–Trinajstić information content (AvgIpc) is 3.54. The van der Waals surface area contributed by atoms with Crippen LogP contribution in [0, 0.1) is 0 Å². The number of carbonyl (C=O) groups is 1. The zero-order valence-electron chi connectivity index (χ0n) is 20.0. The third-order valence-electron chi connectivity index (χ3n) is 6.59. The van der Waals surface area contributed by atoms with E-state index in [-0.39, 0.29) is 11.9 Å². The van der Waals surface area contributed by atoms with Crippen LogP contribution in [-0.4, -0.2) is 64.7 Å². The van der Waals surface area contributed by atoms with E-state index in [1.807, 2.05) is 41.2 Å². The molecule has 1 saturated heterocycles. The van der Waals surface area contributed by atoms with Gasteiger partial charge in [0.2, 0.25) is 5.91 Å². The normalized spacial score (nSPS) is 19.1. The van der Waals surface area contributed by atoms with Gasteiger partial charge in [0, 0.05) is 74.8 Å². The minimum atomic E-state index is 0.125. The Morgan fingerprint density at radius 1 is 1.29 bits per heavy atom. The van der Waals surface area contributed by atoms with Crippen LogP contribution < -0.4 is 11.1 Å². The lowest BCUT2D eigenvalue weighted by atomic mass is 10.0. The van der Waals surface area contributed by atoms with Crippen molar-refractivity contribution in [3.8, 4) is 11.1 Å². The Morgan fingerprint density at radius 3 is 2.80 bits per heavy atom. The second kappa shape index (κ2) is 9.21. The number of rotatable bonds is 4. The molecule has 0 aliphatic carbocycles. The molecule has 0 saturated carbocycles. The molecule has 2 aliphatic rings. The van der Waals surface area contributed by atoms with Crippen molar-refractivity contribution in [3.05, 3.63) is 48.3 Å². The minimum Gasteiger partial charge on any atom is -0.451 e. The van der Waals surface area contributed by atoms with Gasteiger partial charge >= 0.3 is 0 Å². The molecule has 180 valence electrons. The summed E-state index contributed by atoms with van der Waals surface area (Å²) in [4.78, 5) is 26.4. The van der Waals surface area contributed by atoms with Gasteiger partial charge < -0.3 is 20.4 Å². The Bertz CT molecular complexity index is 1400. The van der Waals surface area contributed by atoms with E-state index in [0.717, 1.165) is 59.4 Å². The van der Waals surface area contributed by atoms with Crippen molar-refractivity contribution in [2.75, 3.05) is 32.9 Å². The van der Waals surface area contributed by atoms with Crippen molar-refractivity contribution in [1.82, 2.24) is 25.0 Å². The molecule has 5 heterocycles. The van der Waals surface area contributed by atoms with Gasteiger partial charge in [-0.3, -0.25) is 19.5 Å². The first kappa shape index (κ1) is 22.6. The lowest BCUT2D eigenvalue weighted by Crippen LogP contribution is -2.37. The van der Waals surface area contributed by atoms with Crippen LogP contribution in [-0.2, 0) is 4.79 Å². The number of piperidine rings is 1. The number of carbonyl (C=O) groups excluding carboxylic acids is 1. The summed E-state index contributed by atoms with van der Waals surface area (Å²) < 4.78 is 8.20. The van der Waals surface area contributed by atoms with Crippen LogP contribution in [0.25, 0.3) is 27.8 Å². The van der Waals surface area contributed by atoms with Crippen LogP contribution in [0.5, 0.6) is 0 Å². The molecule has 1 amide bonds. The van der Waals surface area contributed by atoms with Crippen LogP contribution in [0.2, 0.25) is 0 Å². The molecule has 10 heteroatoms. The maximum Gasteiger partial charge on any atom is 0.219 e. The predicted molar refractivity (Wildman–Crippen MR) is 137 cm³/mol. The van der Waals surface area contributed by atoms with E-state index in [4.69, 9.17) is 10.2 Å². The number of nitrogens with one attached hydrogen (secondary N) is 1. The number of hydrogen-bond acceptors (Lipinski definition) is 8.